The van der Waals surface area contributed by atoms with Crippen molar-refractivity contribution in [1.82, 2.24) is 10.5 Å². The molecular formula is C11H14N2O3. The van der Waals surface area contributed by atoms with Crippen molar-refractivity contribution in [1.29, 1.82) is 0 Å². The van der Waals surface area contributed by atoms with E-state index in [-0.39, 0.29) is 17.6 Å². The summed E-state index contributed by atoms with van der Waals surface area (Å²) in [6.07, 6.45) is 5.79. The van der Waals surface area contributed by atoms with E-state index in [1.54, 1.807) is 0 Å². The van der Waals surface area contributed by atoms with E-state index < -0.39 is 0 Å². The molecule has 0 bridgehead atoms. The number of hydroxylamine groups is 1. The quantitative estimate of drug-likeness (QED) is 0.749. The molecule has 1 amide bonds. The van der Waals surface area contributed by atoms with Gasteiger partial charge in [0.2, 0.25) is 5.56 Å². The minimum Gasteiger partial charge on any atom is -0.328 e. The molecule has 0 aromatic carbocycles. The van der Waals surface area contributed by atoms with Gasteiger partial charge in [0, 0.05) is 12.3 Å². The standard InChI is InChI=1S/C11H14N2O3/c14-10-6-5-8(7-12-10)11(15)13-16-9-3-1-2-4-9/h5-7,9H,1-4H2,(H,12,14)(H,13,15). The van der Waals surface area contributed by atoms with Crippen LogP contribution in [0.1, 0.15) is 36.0 Å². The molecule has 1 saturated carbocycles. The predicted octanol–water partition coefficient (Wildman–Crippen LogP) is 0.979. The molecule has 2 N–H and O–H groups in total. The van der Waals surface area contributed by atoms with Gasteiger partial charge >= 0.3 is 0 Å². The van der Waals surface area contributed by atoms with Gasteiger partial charge in [-0.1, -0.05) is 12.8 Å². The number of aromatic nitrogens is 1. The van der Waals surface area contributed by atoms with Crippen molar-refractivity contribution in [3.8, 4) is 0 Å². The lowest BCUT2D eigenvalue weighted by Crippen LogP contribution is -2.28. The topological polar surface area (TPSA) is 71.2 Å². The first-order chi connectivity index (χ1) is 7.75. The molecule has 16 heavy (non-hydrogen) atoms. The molecule has 1 aromatic heterocycles. The lowest BCUT2D eigenvalue weighted by molar-refractivity contribution is -0.0125. The molecule has 0 spiro atoms. The summed E-state index contributed by atoms with van der Waals surface area (Å²) in [5, 5.41) is 0. The second-order valence-corrected chi connectivity index (χ2v) is 3.90. The zero-order chi connectivity index (χ0) is 11.4. The van der Waals surface area contributed by atoms with Crippen molar-refractivity contribution in [2.75, 3.05) is 0 Å². The van der Waals surface area contributed by atoms with Gasteiger partial charge in [0.1, 0.15) is 0 Å². The van der Waals surface area contributed by atoms with Crippen LogP contribution in [-0.4, -0.2) is 17.0 Å². The molecule has 2 rings (SSSR count). The Hall–Kier alpha value is -1.62. The summed E-state index contributed by atoms with van der Waals surface area (Å²) in [6, 6.07) is 2.77. The molecule has 1 heterocycles. The number of H-pyrrole nitrogens is 1. The van der Waals surface area contributed by atoms with Gasteiger partial charge in [-0.3, -0.25) is 14.4 Å². The molecule has 0 atom stereocenters. The Morgan fingerprint density at radius 1 is 1.38 bits per heavy atom. The molecule has 0 aliphatic heterocycles. The Balaban J connectivity index is 1.87. The third-order valence-corrected chi connectivity index (χ3v) is 2.67. The van der Waals surface area contributed by atoms with Crippen LogP contribution in [0.3, 0.4) is 0 Å². The molecule has 5 nitrogen and oxygen atoms in total. The number of pyridine rings is 1. The summed E-state index contributed by atoms with van der Waals surface area (Å²) in [4.78, 5) is 30.0. The van der Waals surface area contributed by atoms with Gasteiger partial charge in [0.15, 0.2) is 0 Å². The van der Waals surface area contributed by atoms with Crippen LogP contribution in [0.2, 0.25) is 0 Å². The number of nitrogens with one attached hydrogen (secondary N) is 2. The number of amides is 1. The zero-order valence-corrected chi connectivity index (χ0v) is 8.86. The van der Waals surface area contributed by atoms with Gasteiger partial charge in [-0.05, 0) is 18.9 Å². The van der Waals surface area contributed by atoms with E-state index >= 15 is 0 Å². The number of carbonyl (C=O) groups is 1. The largest absolute Gasteiger partial charge is 0.328 e. The predicted molar refractivity (Wildman–Crippen MR) is 57.9 cm³/mol. The molecule has 1 aliphatic carbocycles. The summed E-state index contributed by atoms with van der Waals surface area (Å²) < 4.78 is 0. The maximum absolute atomic E-state index is 11.6. The second-order valence-electron chi connectivity index (χ2n) is 3.90. The van der Waals surface area contributed by atoms with E-state index in [9.17, 15) is 9.59 Å². The van der Waals surface area contributed by atoms with E-state index in [1.165, 1.54) is 18.3 Å². The van der Waals surface area contributed by atoms with Gasteiger partial charge in [-0.25, -0.2) is 5.48 Å². The Morgan fingerprint density at radius 2 is 2.12 bits per heavy atom. The monoisotopic (exact) mass is 222 g/mol. The van der Waals surface area contributed by atoms with Gasteiger partial charge < -0.3 is 4.98 Å². The molecule has 5 heteroatoms. The summed E-state index contributed by atoms with van der Waals surface area (Å²) in [5.74, 6) is -0.330. The molecule has 86 valence electrons. The van der Waals surface area contributed by atoms with Crippen LogP contribution in [-0.2, 0) is 4.84 Å². The van der Waals surface area contributed by atoms with Crippen LogP contribution >= 0.6 is 0 Å². The molecule has 1 aliphatic rings. The van der Waals surface area contributed by atoms with E-state index in [2.05, 4.69) is 10.5 Å². The maximum atomic E-state index is 11.6. The molecule has 0 radical (unpaired) electrons. The minimum absolute atomic E-state index is 0.131. The SMILES string of the molecule is O=C(NOC1CCCC1)c1ccc(=O)[nH]c1. The highest BCUT2D eigenvalue weighted by atomic mass is 16.7. The number of aromatic amines is 1. The van der Waals surface area contributed by atoms with E-state index in [0.29, 0.717) is 5.56 Å². The summed E-state index contributed by atoms with van der Waals surface area (Å²) >= 11 is 0. The smallest absolute Gasteiger partial charge is 0.276 e. The molecular weight excluding hydrogens is 208 g/mol. The molecule has 0 unspecified atom stereocenters. The zero-order valence-electron chi connectivity index (χ0n) is 8.86. The first kappa shape index (κ1) is 10.9. The lowest BCUT2D eigenvalue weighted by Gasteiger charge is -2.10. The summed E-state index contributed by atoms with van der Waals surface area (Å²) in [6.45, 7) is 0. The van der Waals surface area contributed by atoms with Crippen LogP contribution in [0.25, 0.3) is 0 Å². The van der Waals surface area contributed by atoms with Crippen molar-refractivity contribution >= 4 is 5.91 Å². The first-order valence-electron chi connectivity index (χ1n) is 5.40. The van der Waals surface area contributed by atoms with Crippen LogP contribution in [0.15, 0.2) is 23.1 Å². The number of hydrogen-bond donors (Lipinski definition) is 2. The van der Waals surface area contributed by atoms with E-state index in [0.717, 1.165) is 25.7 Å². The van der Waals surface area contributed by atoms with Crippen LogP contribution in [0.4, 0.5) is 0 Å². The number of carbonyl (C=O) groups excluding carboxylic acids is 1. The Kier molecular flexibility index (Phi) is 3.36. The average Bonchev–Trinajstić information content (AvgIpc) is 2.80. The number of rotatable bonds is 3. The van der Waals surface area contributed by atoms with Gasteiger partial charge in [-0.15, -0.1) is 0 Å². The third kappa shape index (κ3) is 2.70. The highest BCUT2D eigenvalue weighted by Crippen LogP contribution is 2.19. The third-order valence-electron chi connectivity index (χ3n) is 2.67. The van der Waals surface area contributed by atoms with E-state index in [4.69, 9.17) is 4.84 Å². The summed E-state index contributed by atoms with van der Waals surface area (Å²) in [7, 11) is 0. The Labute approximate surface area is 92.8 Å². The average molecular weight is 222 g/mol. The van der Waals surface area contributed by atoms with Gasteiger partial charge in [-0.2, -0.15) is 0 Å². The second kappa shape index (κ2) is 4.94. The Morgan fingerprint density at radius 3 is 2.75 bits per heavy atom. The van der Waals surface area contributed by atoms with Crippen molar-refractivity contribution in [3.05, 3.63) is 34.2 Å². The van der Waals surface area contributed by atoms with Gasteiger partial charge in [0.25, 0.3) is 5.91 Å². The van der Waals surface area contributed by atoms with Crippen molar-refractivity contribution in [2.24, 2.45) is 0 Å². The van der Waals surface area contributed by atoms with Crippen LogP contribution < -0.4 is 11.0 Å². The molecule has 0 saturated heterocycles. The van der Waals surface area contributed by atoms with Crippen molar-refractivity contribution in [3.63, 3.8) is 0 Å². The van der Waals surface area contributed by atoms with Crippen molar-refractivity contribution < 1.29 is 9.63 Å². The van der Waals surface area contributed by atoms with Crippen LogP contribution in [0.5, 0.6) is 0 Å². The maximum Gasteiger partial charge on any atom is 0.276 e. The fourth-order valence-electron chi connectivity index (χ4n) is 1.75. The summed E-state index contributed by atoms with van der Waals surface area (Å²) in [5.41, 5.74) is 2.56. The van der Waals surface area contributed by atoms with E-state index in [1.807, 2.05) is 0 Å². The fraction of sp³-hybridized carbons (Fsp3) is 0.455. The Bertz CT molecular complexity index is 401. The van der Waals surface area contributed by atoms with Crippen molar-refractivity contribution in [2.45, 2.75) is 31.8 Å². The highest BCUT2D eigenvalue weighted by Gasteiger charge is 2.17. The van der Waals surface area contributed by atoms with Gasteiger partial charge in [0.05, 0.1) is 11.7 Å². The molecule has 1 aromatic rings. The fourth-order valence-corrected chi connectivity index (χ4v) is 1.75. The number of hydrogen-bond acceptors (Lipinski definition) is 3. The highest BCUT2D eigenvalue weighted by molar-refractivity contribution is 5.92. The normalized spacial score (nSPS) is 16.2. The molecule has 1 fully saturated rings. The minimum atomic E-state index is -0.330. The first-order valence-corrected chi connectivity index (χ1v) is 5.40. The van der Waals surface area contributed by atoms with Crippen LogP contribution in [0, 0.1) is 0 Å². The lowest BCUT2D eigenvalue weighted by atomic mass is 10.3.